The van der Waals surface area contributed by atoms with Gasteiger partial charge in [0.2, 0.25) is 5.91 Å². The Labute approximate surface area is 103 Å². The van der Waals surface area contributed by atoms with Gasteiger partial charge in [-0.2, -0.15) is 5.26 Å². The Morgan fingerprint density at radius 3 is 2.39 bits per heavy atom. The first kappa shape index (κ1) is 13.6. The lowest BCUT2D eigenvalue weighted by molar-refractivity contribution is -0.144. The molecule has 0 bridgehead atoms. The zero-order valence-electron chi connectivity index (χ0n) is 10.0. The molecule has 1 heterocycles. The summed E-state index contributed by atoms with van der Waals surface area (Å²) in [5, 5.41) is 8.38. The van der Waals surface area contributed by atoms with E-state index in [1.54, 1.807) is 0 Å². The van der Waals surface area contributed by atoms with Crippen LogP contribution in [0.15, 0.2) is 0 Å². The van der Waals surface area contributed by atoms with E-state index in [2.05, 4.69) is 0 Å². The monoisotopic (exact) mass is 252 g/mol. The highest BCUT2D eigenvalue weighted by Gasteiger charge is 2.43. The van der Waals surface area contributed by atoms with E-state index in [0.29, 0.717) is 9.80 Å². The summed E-state index contributed by atoms with van der Waals surface area (Å²) in [6, 6.07) is 1.06. The molecule has 0 aromatic rings. The van der Waals surface area contributed by atoms with Gasteiger partial charge in [-0.05, 0) is 0 Å². The third-order valence-corrected chi connectivity index (χ3v) is 2.53. The summed E-state index contributed by atoms with van der Waals surface area (Å²) in [4.78, 5) is 48.2. The summed E-state index contributed by atoms with van der Waals surface area (Å²) in [6.45, 7) is -0.287. The van der Waals surface area contributed by atoms with Crippen molar-refractivity contribution in [2.75, 3.05) is 27.2 Å². The van der Waals surface area contributed by atoms with Gasteiger partial charge in [-0.3, -0.25) is 19.3 Å². The number of hydrogen-bond donors (Lipinski definition) is 0. The second-order valence-corrected chi connectivity index (χ2v) is 3.76. The number of hydrogen-bond acceptors (Lipinski definition) is 5. The number of nitrogens with zero attached hydrogens (tertiary/aromatic N) is 4. The van der Waals surface area contributed by atoms with Crippen LogP contribution in [0.25, 0.3) is 0 Å². The second-order valence-electron chi connectivity index (χ2n) is 3.76. The summed E-state index contributed by atoms with van der Waals surface area (Å²) in [6.07, 6.45) is 0.156. The van der Waals surface area contributed by atoms with Crippen molar-refractivity contribution in [2.45, 2.75) is 6.42 Å². The summed E-state index contributed by atoms with van der Waals surface area (Å²) >= 11 is 0. The highest BCUT2D eigenvalue weighted by molar-refractivity contribution is 6.44. The third-order valence-electron chi connectivity index (χ3n) is 2.53. The molecule has 0 aromatic heterocycles. The summed E-state index contributed by atoms with van der Waals surface area (Å²) in [5.74, 6) is -2.47. The molecule has 0 aromatic carbocycles. The van der Waals surface area contributed by atoms with Crippen LogP contribution in [0, 0.1) is 11.3 Å². The van der Waals surface area contributed by atoms with Crippen LogP contribution in [-0.4, -0.2) is 65.6 Å². The molecule has 0 spiro atoms. The Hall–Kier alpha value is -2.43. The first-order valence-corrected chi connectivity index (χ1v) is 5.14. The predicted octanol–water partition coefficient (Wildman–Crippen LogP) is -1.22. The molecule has 1 saturated heterocycles. The fourth-order valence-corrected chi connectivity index (χ4v) is 1.35. The average Bonchev–Trinajstić information content (AvgIpc) is 2.53. The van der Waals surface area contributed by atoms with E-state index in [1.165, 1.54) is 19.0 Å². The molecule has 8 nitrogen and oxygen atoms in total. The molecule has 0 saturated carbocycles. The van der Waals surface area contributed by atoms with E-state index in [9.17, 15) is 19.2 Å². The number of likely N-dealkylation sites (N-methyl/N-ethyl adjacent to an activating group) is 2. The SMILES string of the molecule is CN(CCC#N)C(=O)CN1C(=O)C(=O)N(C)C1=O. The fourth-order valence-electron chi connectivity index (χ4n) is 1.35. The Bertz CT molecular complexity index is 453. The van der Waals surface area contributed by atoms with Crippen molar-refractivity contribution >= 4 is 23.8 Å². The van der Waals surface area contributed by atoms with Gasteiger partial charge in [-0.25, -0.2) is 9.69 Å². The summed E-state index contributed by atoms with van der Waals surface area (Å²) in [5.41, 5.74) is 0. The lowest BCUT2D eigenvalue weighted by Crippen LogP contribution is -2.42. The summed E-state index contributed by atoms with van der Waals surface area (Å²) in [7, 11) is 2.63. The van der Waals surface area contributed by atoms with Crippen LogP contribution < -0.4 is 0 Å². The summed E-state index contributed by atoms with van der Waals surface area (Å²) < 4.78 is 0. The first-order chi connectivity index (χ1) is 8.40. The van der Waals surface area contributed by atoms with Gasteiger partial charge in [0.05, 0.1) is 12.5 Å². The van der Waals surface area contributed by atoms with Crippen LogP contribution in [0.3, 0.4) is 0 Å². The van der Waals surface area contributed by atoms with Gasteiger partial charge < -0.3 is 4.90 Å². The Morgan fingerprint density at radius 2 is 1.94 bits per heavy atom. The van der Waals surface area contributed by atoms with Crippen molar-refractivity contribution < 1.29 is 19.2 Å². The molecular weight excluding hydrogens is 240 g/mol. The number of carbonyl (C=O) groups excluding carboxylic acids is 4. The van der Waals surface area contributed by atoms with E-state index in [-0.39, 0.29) is 13.0 Å². The van der Waals surface area contributed by atoms with Crippen molar-refractivity contribution in [2.24, 2.45) is 0 Å². The zero-order valence-corrected chi connectivity index (χ0v) is 10.0. The Morgan fingerprint density at radius 1 is 1.33 bits per heavy atom. The van der Waals surface area contributed by atoms with E-state index in [4.69, 9.17) is 5.26 Å². The molecule has 0 aliphatic carbocycles. The quantitative estimate of drug-likeness (QED) is 0.461. The van der Waals surface area contributed by atoms with Gasteiger partial charge in [0.25, 0.3) is 0 Å². The van der Waals surface area contributed by atoms with Crippen molar-refractivity contribution in [3.8, 4) is 6.07 Å². The molecular formula is C10H12N4O4. The molecule has 1 aliphatic rings. The smallest absolute Gasteiger partial charge is 0.334 e. The molecule has 96 valence electrons. The largest absolute Gasteiger partial charge is 0.343 e. The minimum absolute atomic E-state index is 0.156. The molecule has 1 fully saturated rings. The highest BCUT2D eigenvalue weighted by Crippen LogP contribution is 2.09. The Kier molecular flexibility index (Phi) is 3.99. The van der Waals surface area contributed by atoms with Crippen molar-refractivity contribution in [3.63, 3.8) is 0 Å². The van der Waals surface area contributed by atoms with Gasteiger partial charge in [-0.15, -0.1) is 0 Å². The maximum atomic E-state index is 11.6. The molecule has 1 rings (SSSR count). The normalized spacial score (nSPS) is 15.1. The Balaban J connectivity index is 2.66. The lowest BCUT2D eigenvalue weighted by Gasteiger charge is -2.18. The molecule has 8 heteroatoms. The molecule has 1 aliphatic heterocycles. The molecule has 0 radical (unpaired) electrons. The van der Waals surface area contributed by atoms with Gasteiger partial charge in [0.15, 0.2) is 0 Å². The minimum atomic E-state index is -1.01. The van der Waals surface area contributed by atoms with E-state index >= 15 is 0 Å². The van der Waals surface area contributed by atoms with Gasteiger partial charge in [0.1, 0.15) is 6.54 Å². The second kappa shape index (κ2) is 5.27. The van der Waals surface area contributed by atoms with E-state index in [1.807, 2.05) is 6.07 Å². The number of nitriles is 1. The molecule has 18 heavy (non-hydrogen) atoms. The predicted molar refractivity (Wildman–Crippen MR) is 57.7 cm³/mol. The van der Waals surface area contributed by atoms with Crippen LogP contribution >= 0.6 is 0 Å². The van der Waals surface area contributed by atoms with Crippen LogP contribution in [0.5, 0.6) is 0 Å². The molecule has 0 atom stereocenters. The topological polar surface area (TPSA) is 102 Å². The van der Waals surface area contributed by atoms with Gasteiger partial charge in [-0.1, -0.05) is 0 Å². The first-order valence-electron chi connectivity index (χ1n) is 5.14. The van der Waals surface area contributed by atoms with Crippen molar-refractivity contribution in [1.82, 2.24) is 14.7 Å². The average molecular weight is 252 g/mol. The number of urea groups is 1. The van der Waals surface area contributed by atoms with Gasteiger partial charge >= 0.3 is 17.8 Å². The number of carbonyl (C=O) groups is 4. The molecule has 0 unspecified atom stereocenters. The van der Waals surface area contributed by atoms with Crippen LogP contribution in [0.2, 0.25) is 0 Å². The van der Waals surface area contributed by atoms with Crippen LogP contribution in [-0.2, 0) is 14.4 Å². The van der Waals surface area contributed by atoms with E-state index in [0.717, 1.165) is 0 Å². The van der Waals surface area contributed by atoms with Crippen molar-refractivity contribution in [3.05, 3.63) is 0 Å². The van der Waals surface area contributed by atoms with Crippen molar-refractivity contribution in [1.29, 1.82) is 5.26 Å². The number of amides is 5. The third kappa shape index (κ3) is 2.45. The lowest BCUT2D eigenvalue weighted by atomic mass is 10.4. The standard InChI is InChI=1S/C10H12N4O4/c1-12(5-3-4-11)7(15)6-14-9(17)8(16)13(2)10(14)18/h3,5-6H2,1-2H3. The van der Waals surface area contributed by atoms with E-state index < -0.39 is 30.3 Å². The highest BCUT2D eigenvalue weighted by atomic mass is 16.2. The number of imide groups is 2. The maximum absolute atomic E-state index is 11.6. The molecule has 0 N–H and O–H groups in total. The van der Waals surface area contributed by atoms with Gasteiger partial charge in [0, 0.05) is 20.6 Å². The molecule has 5 amide bonds. The zero-order chi connectivity index (χ0) is 13.9. The number of rotatable bonds is 4. The fraction of sp³-hybridized carbons (Fsp3) is 0.500. The maximum Gasteiger partial charge on any atom is 0.334 e. The van der Waals surface area contributed by atoms with Crippen LogP contribution in [0.4, 0.5) is 4.79 Å². The van der Waals surface area contributed by atoms with Crippen LogP contribution in [0.1, 0.15) is 6.42 Å². The minimum Gasteiger partial charge on any atom is -0.343 e.